The van der Waals surface area contributed by atoms with E-state index in [4.69, 9.17) is 5.73 Å². The van der Waals surface area contributed by atoms with Gasteiger partial charge in [0.1, 0.15) is 15.7 Å². The van der Waals surface area contributed by atoms with E-state index in [1.165, 1.54) is 4.91 Å². The van der Waals surface area contributed by atoms with E-state index in [9.17, 15) is 0 Å². The van der Waals surface area contributed by atoms with Crippen LogP contribution in [0.3, 0.4) is 0 Å². The van der Waals surface area contributed by atoms with Gasteiger partial charge in [0.2, 0.25) is 0 Å². The van der Waals surface area contributed by atoms with Crippen molar-refractivity contribution in [3.8, 4) is 11.3 Å². The number of aromatic nitrogens is 1. The van der Waals surface area contributed by atoms with Crippen molar-refractivity contribution in [1.29, 1.82) is 0 Å². The van der Waals surface area contributed by atoms with Crippen LogP contribution in [0.25, 0.3) is 16.2 Å². The molecule has 1 aliphatic heterocycles. The van der Waals surface area contributed by atoms with Crippen LogP contribution in [-0.2, 0) is 0 Å². The number of anilines is 1. The molecule has 0 aliphatic carbocycles. The van der Waals surface area contributed by atoms with Gasteiger partial charge in [-0.25, -0.2) is 4.98 Å². The Bertz CT molecular complexity index is 558. The Morgan fingerprint density at radius 2 is 2.00 bits per heavy atom. The van der Waals surface area contributed by atoms with Gasteiger partial charge in [-0.3, -0.25) is 0 Å². The zero-order valence-corrected chi connectivity index (χ0v) is 10.9. The maximum atomic E-state index is 6.06. The molecule has 0 amide bonds. The summed E-state index contributed by atoms with van der Waals surface area (Å²) < 4.78 is 0. The highest BCUT2D eigenvalue weighted by Crippen LogP contribution is 2.40. The van der Waals surface area contributed by atoms with Crippen molar-refractivity contribution in [3.05, 3.63) is 41.4 Å². The van der Waals surface area contributed by atoms with Crippen molar-refractivity contribution in [2.75, 3.05) is 11.5 Å². The van der Waals surface area contributed by atoms with E-state index in [1.54, 1.807) is 11.3 Å². The molecule has 0 saturated heterocycles. The number of thioether (sulfide) groups is 1. The number of allylic oxidation sites excluding steroid dienone is 1. The predicted octanol–water partition coefficient (Wildman–Crippen LogP) is 3.87. The van der Waals surface area contributed by atoms with Crippen LogP contribution in [0.1, 0.15) is 11.4 Å². The van der Waals surface area contributed by atoms with Crippen molar-refractivity contribution in [2.24, 2.45) is 0 Å². The molecule has 0 bridgehead atoms. The summed E-state index contributed by atoms with van der Waals surface area (Å²) in [4.78, 5) is 5.95. The molecule has 2 nitrogen and oxygen atoms in total. The van der Waals surface area contributed by atoms with Gasteiger partial charge in [0, 0.05) is 16.2 Å². The lowest BCUT2D eigenvalue weighted by atomic mass is 10.2. The van der Waals surface area contributed by atoms with Gasteiger partial charge in [0.15, 0.2) is 0 Å². The van der Waals surface area contributed by atoms with E-state index in [1.807, 2.05) is 42.1 Å². The normalized spacial score (nSPS) is 14.9. The summed E-state index contributed by atoms with van der Waals surface area (Å²) in [6.07, 6.45) is 3.39. The van der Waals surface area contributed by atoms with Crippen LogP contribution in [0.2, 0.25) is 0 Å². The summed E-state index contributed by atoms with van der Waals surface area (Å²) in [6.45, 7) is 0. The Morgan fingerprint density at radius 3 is 2.71 bits per heavy atom. The summed E-state index contributed by atoms with van der Waals surface area (Å²) in [5, 5.41) is 1.86. The average molecular weight is 260 g/mol. The highest BCUT2D eigenvalue weighted by Gasteiger charge is 2.15. The lowest BCUT2D eigenvalue weighted by Crippen LogP contribution is -1.85. The third-order valence-electron chi connectivity index (χ3n) is 2.62. The highest BCUT2D eigenvalue weighted by molar-refractivity contribution is 8.08. The minimum atomic E-state index is 0.805. The Balaban J connectivity index is 2.02. The fourth-order valence-electron chi connectivity index (χ4n) is 1.81. The second-order valence-corrected chi connectivity index (χ2v) is 5.97. The minimum absolute atomic E-state index is 0.805. The van der Waals surface area contributed by atoms with Crippen LogP contribution < -0.4 is 5.73 Å². The lowest BCUT2D eigenvalue weighted by molar-refractivity contribution is 1.27. The van der Waals surface area contributed by atoms with E-state index in [-0.39, 0.29) is 0 Å². The first kappa shape index (κ1) is 10.9. The number of nitrogens with two attached hydrogens (primary N) is 1. The molecule has 4 heteroatoms. The van der Waals surface area contributed by atoms with Crippen LogP contribution >= 0.6 is 23.1 Å². The largest absolute Gasteiger partial charge is 0.389 e. The maximum Gasteiger partial charge on any atom is 0.132 e. The van der Waals surface area contributed by atoms with E-state index in [0.717, 1.165) is 33.4 Å². The molecule has 1 aromatic carbocycles. The summed E-state index contributed by atoms with van der Waals surface area (Å²) in [5.41, 5.74) is 8.07. The molecule has 0 spiro atoms. The van der Waals surface area contributed by atoms with Crippen molar-refractivity contribution in [2.45, 2.75) is 6.42 Å². The number of thiazole rings is 1. The molecule has 3 rings (SSSR count). The molecular weight excluding hydrogens is 248 g/mol. The molecule has 0 unspecified atom stereocenters. The lowest BCUT2D eigenvalue weighted by Gasteiger charge is -1.96. The standard InChI is InChI=1S/C13H12N2S2/c14-12-11(9-5-2-1-3-6-9)15-13(17-12)10-7-4-8-16-10/h1-3,5-7H,4,8,14H2. The third-order valence-corrected chi connectivity index (χ3v) is 4.77. The van der Waals surface area contributed by atoms with E-state index in [2.05, 4.69) is 11.1 Å². The predicted molar refractivity (Wildman–Crippen MR) is 77.0 cm³/mol. The Morgan fingerprint density at radius 1 is 1.18 bits per heavy atom. The average Bonchev–Trinajstić information content (AvgIpc) is 2.99. The van der Waals surface area contributed by atoms with Gasteiger partial charge in [-0.2, -0.15) is 0 Å². The number of hydrogen-bond donors (Lipinski definition) is 1. The second kappa shape index (κ2) is 4.55. The minimum Gasteiger partial charge on any atom is -0.389 e. The van der Waals surface area contributed by atoms with E-state index >= 15 is 0 Å². The van der Waals surface area contributed by atoms with Crippen LogP contribution in [0.4, 0.5) is 5.00 Å². The van der Waals surface area contributed by atoms with E-state index in [0.29, 0.717) is 0 Å². The van der Waals surface area contributed by atoms with Gasteiger partial charge in [-0.05, 0) is 6.42 Å². The number of hydrogen-bond acceptors (Lipinski definition) is 4. The van der Waals surface area contributed by atoms with Crippen molar-refractivity contribution < 1.29 is 0 Å². The SMILES string of the molecule is Nc1sc(C2=CCCS2)nc1-c1ccccc1. The van der Waals surface area contributed by atoms with Gasteiger partial charge in [0.25, 0.3) is 0 Å². The molecule has 17 heavy (non-hydrogen) atoms. The van der Waals surface area contributed by atoms with E-state index < -0.39 is 0 Å². The quantitative estimate of drug-likeness (QED) is 0.891. The van der Waals surface area contributed by atoms with Crippen LogP contribution in [-0.4, -0.2) is 10.7 Å². The topological polar surface area (TPSA) is 38.9 Å². The van der Waals surface area contributed by atoms with Gasteiger partial charge >= 0.3 is 0 Å². The Kier molecular flexibility index (Phi) is 2.91. The van der Waals surface area contributed by atoms with Crippen molar-refractivity contribution in [1.82, 2.24) is 4.98 Å². The summed E-state index contributed by atoms with van der Waals surface area (Å²) >= 11 is 3.45. The smallest absolute Gasteiger partial charge is 0.132 e. The molecule has 1 aliphatic rings. The number of nitrogen functional groups attached to an aromatic ring is 1. The third kappa shape index (κ3) is 2.10. The number of benzene rings is 1. The molecule has 86 valence electrons. The molecule has 2 heterocycles. The first-order valence-electron chi connectivity index (χ1n) is 5.49. The molecule has 0 saturated carbocycles. The highest BCUT2D eigenvalue weighted by atomic mass is 32.2. The first-order chi connectivity index (χ1) is 8.34. The molecule has 2 aromatic rings. The Hall–Kier alpha value is -1.26. The van der Waals surface area contributed by atoms with Gasteiger partial charge in [-0.1, -0.05) is 47.7 Å². The summed E-state index contributed by atoms with van der Waals surface area (Å²) in [6, 6.07) is 10.1. The first-order valence-corrected chi connectivity index (χ1v) is 7.30. The zero-order chi connectivity index (χ0) is 11.7. The number of nitrogens with zero attached hydrogens (tertiary/aromatic N) is 1. The van der Waals surface area contributed by atoms with Crippen LogP contribution in [0.5, 0.6) is 0 Å². The molecule has 1 aromatic heterocycles. The molecular formula is C13H12N2S2. The van der Waals surface area contributed by atoms with Crippen LogP contribution in [0, 0.1) is 0 Å². The van der Waals surface area contributed by atoms with Gasteiger partial charge in [0.05, 0.1) is 0 Å². The Labute approximate surface area is 109 Å². The monoisotopic (exact) mass is 260 g/mol. The maximum absolute atomic E-state index is 6.06. The molecule has 0 radical (unpaired) electrons. The zero-order valence-electron chi connectivity index (χ0n) is 9.22. The fraction of sp³-hybridized carbons (Fsp3) is 0.154. The molecule has 0 fully saturated rings. The molecule has 2 N–H and O–H groups in total. The summed E-state index contributed by atoms with van der Waals surface area (Å²) in [7, 11) is 0. The number of rotatable bonds is 2. The second-order valence-electron chi connectivity index (χ2n) is 3.80. The van der Waals surface area contributed by atoms with Gasteiger partial charge < -0.3 is 5.73 Å². The molecule has 0 atom stereocenters. The van der Waals surface area contributed by atoms with Crippen molar-refractivity contribution in [3.63, 3.8) is 0 Å². The van der Waals surface area contributed by atoms with Crippen LogP contribution in [0.15, 0.2) is 36.4 Å². The van der Waals surface area contributed by atoms with Gasteiger partial charge in [-0.15, -0.1) is 11.8 Å². The van der Waals surface area contributed by atoms with Crippen molar-refractivity contribution >= 4 is 33.0 Å². The summed E-state index contributed by atoms with van der Waals surface area (Å²) in [5.74, 6) is 1.16. The fourth-order valence-corrected chi connectivity index (χ4v) is 3.76.